The maximum absolute atomic E-state index is 12.8. The first-order valence-electron chi connectivity index (χ1n) is 8.25. The van der Waals surface area contributed by atoms with Gasteiger partial charge in [-0.25, -0.2) is 4.98 Å². The summed E-state index contributed by atoms with van der Waals surface area (Å²) >= 11 is 1.53. The zero-order chi connectivity index (χ0) is 17.6. The van der Waals surface area contributed by atoms with Gasteiger partial charge in [0.1, 0.15) is 5.69 Å². The minimum absolute atomic E-state index is 0.125. The predicted octanol–water partition coefficient (Wildman–Crippen LogP) is 3.42. The van der Waals surface area contributed by atoms with Crippen LogP contribution in [0.2, 0.25) is 0 Å². The molecule has 1 heterocycles. The van der Waals surface area contributed by atoms with E-state index in [1.165, 1.54) is 11.3 Å². The fourth-order valence-corrected chi connectivity index (χ4v) is 3.63. The number of hydrogen-bond donors (Lipinski definition) is 2. The van der Waals surface area contributed by atoms with Gasteiger partial charge in [-0.2, -0.15) is 0 Å². The van der Waals surface area contributed by atoms with Crippen LogP contribution in [0.1, 0.15) is 21.1 Å². The number of nitrogens with zero attached hydrogens (tertiary/aromatic N) is 1. The molecule has 25 heavy (non-hydrogen) atoms. The third-order valence-corrected chi connectivity index (χ3v) is 4.95. The van der Waals surface area contributed by atoms with E-state index in [0.717, 1.165) is 21.0 Å². The molecule has 0 aliphatic carbocycles. The fourth-order valence-electron chi connectivity index (χ4n) is 2.71. The number of rotatable bonds is 6. The van der Waals surface area contributed by atoms with Crippen LogP contribution in [-0.2, 0) is 6.42 Å². The zero-order valence-electron chi connectivity index (χ0n) is 14.1. The van der Waals surface area contributed by atoms with Crippen molar-refractivity contribution in [1.82, 2.24) is 10.3 Å². The van der Waals surface area contributed by atoms with E-state index in [2.05, 4.69) is 10.3 Å². The SMILES string of the molecule is Cc1nc(C(=O)N[C@@H](CN)Cc2ccccc2)c(-c2ccccc2)s1. The molecule has 0 aliphatic rings. The molecule has 1 aromatic heterocycles. The summed E-state index contributed by atoms with van der Waals surface area (Å²) in [4.78, 5) is 18.1. The topological polar surface area (TPSA) is 68.0 Å². The number of carbonyl (C=O) groups is 1. The maximum Gasteiger partial charge on any atom is 0.271 e. The minimum Gasteiger partial charge on any atom is -0.346 e. The molecule has 0 aliphatic heterocycles. The molecule has 3 rings (SSSR count). The molecule has 3 aromatic rings. The Balaban J connectivity index is 1.79. The average Bonchev–Trinajstić information content (AvgIpc) is 3.04. The van der Waals surface area contributed by atoms with Gasteiger partial charge in [0, 0.05) is 12.6 Å². The Kier molecular flexibility index (Phi) is 5.58. The molecule has 5 heteroatoms. The second-order valence-electron chi connectivity index (χ2n) is 5.87. The smallest absolute Gasteiger partial charge is 0.271 e. The van der Waals surface area contributed by atoms with E-state index in [1.54, 1.807) is 0 Å². The molecule has 4 nitrogen and oxygen atoms in total. The standard InChI is InChI=1S/C20H21N3OS/c1-14-22-18(19(25-14)16-10-6-3-7-11-16)20(24)23-17(13-21)12-15-8-4-2-5-9-15/h2-11,17H,12-13,21H2,1H3,(H,23,24)/t17-/m1/s1. The van der Waals surface area contributed by atoms with Crippen molar-refractivity contribution in [2.75, 3.05) is 6.54 Å². The molecule has 0 spiro atoms. The number of amides is 1. The summed E-state index contributed by atoms with van der Waals surface area (Å²) in [5.41, 5.74) is 8.50. The van der Waals surface area contributed by atoms with E-state index >= 15 is 0 Å². The fraction of sp³-hybridized carbons (Fsp3) is 0.200. The minimum atomic E-state index is -0.172. The number of nitrogens with one attached hydrogen (secondary N) is 1. The van der Waals surface area contributed by atoms with Crippen molar-refractivity contribution >= 4 is 17.2 Å². The Morgan fingerprint density at radius 1 is 1.12 bits per heavy atom. The van der Waals surface area contributed by atoms with Crippen LogP contribution in [0.4, 0.5) is 0 Å². The molecule has 0 fully saturated rings. The lowest BCUT2D eigenvalue weighted by Crippen LogP contribution is -2.42. The molecule has 2 aromatic carbocycles. The normalized spacial score (nSPS) is 11.9. The van der Waals surface area contributed by atoms with E-state index in [4.69, 9.17) is 5.73 Å². The highest BCUT2D eigenvalue weighted by Gasteiger charge is 2.20. The third kappa shape index (κ3) is 4.32. The van der Waals surface area contributed by atoms with Crippen LogP contribution in [-0.4, -0.2) is 23.5 Å². The van der Waals surface area contributed by atoms with Gasteiger partial charge in [-0.3, -0.25) is 4.79 Å². The first kappa shape index (κ1) is 17.3. The monoisotopic (exact) mass is 351 g/mol. The molecule has 1 amide bonds. The first-order chi connectivity index (χ1) is 12.2. The molecule has 1 atom stereocenters. The molecule has 0 radical (unpaired) electrons. The summed E-state index contributed by atoms with van der Waals surface area (Å²) in [6.45, 7) is 2.29. The van der Waals surface area contributed by atoms with E-state index in [9.17, 15) is 4.79 Å². The quantitative estimate of drug-likeness (QED) is 0.715. The summed E-state index contributed by atoms with van der Waals surface area (Å²) < 4.78 is 0. The summed E-state index contributed by atoms with van der Waals surface area (Å²) in [6.07, 6.45) is 0.701. The second kappa shape index (κ2) is 8.05. The summed E-state index contributed by atoms with van der Waals surface area (Å²) in [5, 5.41) is 3.91. The highest BCUT2D eigenvalue weighted by molar-refractivity contribution is 7.15. The van der Waals surface area contributed by atoms with Gasteiger partial charge < -0.3 is 11.1 Å². The van der Waals surface area contributed by atoms with Crippen LogP contribution in [0.25, 0.3) is 10.4 Å². The zero-order valence-corrected chi connectivity index (χ0v) is 14.9. The maximum atomic E-state index is 12.8. The van der Waals surface area contributed by atoms with E-state index < -0.39 is 0 Å². The third-order valence-electron chi connectivity index (χ3n) is 3.93. The number of hydrogen-bond acceptors (Lipinski definition) is 4. The number of thiazole rings is 1. The molecule has 0 unspecified atom stereocenters. The number of benzene rings is 2. The van der Waals surface area contributed by atoms with Gasteiger partial charge in [0.2, 0.25) is 0 Å². The summed E-state index contributed by atoms with van der Waals surface area (Å²) in [7, 11) is 0. The largest absolute Gasteiger partial charge is 0.346 e. The predicted molar refractivity (Wildman–Crippen MR) is 103 cm³/mol. The van der Waals surface area contributed by atoms with Crippen molar-refractivity contribution in [2.24, 2.45) is 5.73 Å². The molecular formula is C20H21N3OS. The average molecular weight is 351 g/mol. The first-order valence-corrected chi connectivity index (χ1v) is 9.06. The molecule has 0 bridgehead atoms. The van der Waals surface area contributed by atoms with Crippen LogP contribution >= 0.6 is 11.3 Å². The lowest BCUT2D eigenvalue weighted by molar-refractivity contribution is 0.0934. The number of nitrogens with two attached hydrogens (primary N) is 1. The Labute approximate surface area is 151 Å². The lowest BCUT2D eigenvalue weighted by atomic mass is 10.1. The van der Waals surface area contributed by atoms with E-state index in [0.29, 0.717) is 18.7 Å². The van der Waals surface area contributed by atoms with Crippen LogP contribution in [0.15, 0.2) is 60.7 Å². The van der Waals surface area contributed by atoms with Crippen LogP contribution in [0, 0.1) is 6.92 Å². The van der Waals surface area contributed by atoms with Crippen LogP contribution in [0.5, 0.6) is 0 Å². The summed E-state index contributed by atoms with van der Waals surface area (Å²) in [5.74, 6) is -0.172. The van der Waals surface area contributed by atoms with Gasteiger partial charge in [-0.1, -0.05) is 60.7 Å². The van der Waals surface area contributed by atoms with Gasteiger partial charge in [0.15, 0.2) is 0 Å². The van der Waals surface area contributed by atoms with E-state index in [1.807, 2.05) is 67.6 Å². The molecule has 0 saturated carbocycles. The lowest BCUT2D eigenvalue weighted by Gasteiger charge is -2.16. The number of aromatic nitrogens is 1. The molecule has 3 N–H and O–H groups in total. The Bertz CT molecular complexity index is 831. The van der Waals surface area contributed by atoms with Gasteiger partial charge in [0.05, 0.1) is 9.88 Å². The Morgan fingerprint density at radius 3 is 2.40 bits per heavy atom. The highest BCUT2D eigenvalue weighted by atomic mass is 32.1. The Morgan fingerprint density at radius 2 is 1.76 bits per heavy atom. The van der Waals surface area contributed by atoms with Crippen molar-refractivity contribution in [3.8, 4) is 10.4 Å². The molecular weight excluding hydrogens is 330 g/mol. The van der Waals surface area contributed by atoms with Crippen LogP contribution < -0.4 is 11.1 Å². The second-order valence-corrected chi connectivity index (χ2v) is 7.08. The van der Waals surface area contributed by atoms with Crippen LogP contribution in [0.3, 0.4) is 0 Å². The Hall–Kier alpha value is -2.50. The van der Waals surface area contributed by atoms with Crippen molar-refractivity contribution in [2.45, 2.75) is 19.4 Å². The van der Waals surface area contributed by atoms with Gasteiger partial charge in [-0.05, 0) is 24.5 Å². The van der Waals surface area contributed by atoms with Crippen molar-refractivity contribution in [3.05, 3.63) is 76.9 Å². The number of aryl methyl sites for hydroxylation is 1. The van der Waals surface area contributed by atoms with Crippen molar-refractivity contribution in [1.29, 1.82) is 0 Å². The highest BCUT2D eigenvalue weighted by Crippen LogP contribution is 2.30. The number of carbonyl (C=O) groups excluding carboxylic acids is 1. The molecule has 128 valence electrons. The van der Waals surface area contributed by atoms with Gasteiger partial charge in [0.25, 0.3) is 5.91 Å². The molecule has 0 saturated heterocycles. The van der Waals surface area contributed by atoms with Crippen molar-refractivity contribution in [3.63, 3.8) is 0 Å². The summed E-state index contributed by atoms with van der Waals surface area (Å²) in [6, 6.07) is 19.8. The van der Waals surface area contributed by atoms with Crippen molar-refractivity contribution < 1.29 is 4.79 Å². The van der Waals surface area contributed by atoms with Gasteiger partial charge >= 0.3 is 0 Å². The van der Waals surface area contributed by atoms with E-state index in [-0.39, 0.29) is 11.9 Å². The van der Waals surface area contributed by atoms with Gasteiger partial charge in [-0.15, -0.1) is 11.3 Å².